The maximum atomic E-state index is 13.8. The summed E-state index contributed by atoms with van der Waals surface area (Å²) < 4.78 is 55.8. The van der Waals surface area contributed by atoms with Crippen LogP contribution in [-0.4, -0.2) is 12.4 Å². The van der Waals surface area contributed by atoms with Gasteiger partial charge in [0.2, 0.25) is 0 Å². The van der Waals surface area contributed by atoms with Gasteiger partial charge in [0.05, 0.1) is 15.6 Å². The van der Waals surface area contributed by atoms with Crippen molar-refractivity contribution in [3.8, 4) is 5.75 Å². The Bertz CT molecular complexity index is 689. The van der Waals surface area contributed by atoms with E-state index in [0.717, 1.165) is 12.1 Å². The van der Waals surface area contributed by atoms with Crippen LogP contribution in [0.15, 0.2) is 40.9 Å². The Morgan fingerprint density at radius 1 is 1.05 bits per heavy atom. The second-order valence-corrected chi connectivity index (χ2v) is 4.80. The first kappa shape index (κ1) is 15.5. The molecule has 0 saturated heterocycles. The zero-order valence-electron chi connectivity index (χ0n) is 10.2. The first-order chi connectivity index (χ1) is 9.90. The van der Waals surface area contributed by atoms with Crippen molar-refractivity contribution in [1.29, 1.82) is 0 Å². The largest absolute Gasteiger partial charge is 0.434 e. The molecule has 0 bridgehead atoms. The minimum absolute atomic E-state index is 0.145. The topological polar surface area (TPSA) is 26.3 Å². The van der Waals surface area contributed by atoms with Gasteiger partial charge in [0.15, 0.2) is 5.78 Å². The van der Waals surface area contributed by atoms with Crippen LogP contribution in [0, 0.1) is 11.6 Å². The summed E-state index contributed by atoms with van der Waals surface area (Å²) in [4.78, 5) is 12.2. The number of ether oxygens (including phenoxy) is 1. The van der Waals surface area contributed by atoms with Gasteiger partial charge in [-0.2, -0.15) is 8.78 Å². The first-order valence-electron chi connectivity index (χ1n) is 5.63. The average Bonchev–Trinajstić information content (AvgIpc) is 2.42. The van der Waals surface area contributed by atoms with E-state index < -0.39 is 35.3 Å². The summed E-state index contributed by atoms with van der Waals surface area (Å²) in [5.74, 6) is -3.16. The van der Waals surface area contributed by atoms with Crippen molar-refractivity contribution < 1.29 is 27.1 Å². The van der Waals surface area contributed by atoms with Gasteiger partial charge in [-0.3, -0.25) is 4.79 Å². The zero-order valence-corrected chi connectivity index (χ0v) is 11.8. The van der Waals surface area contributed by atoms with Crippen LogP contribution in [0.4, 0.5) is 17.6 Å². The minimum Gasteiger partial charge on any atom is -0.434 e. The van der Waals surface area contributed by atoms with Gasteiger partial charge in [-0.15, -0.1) is 0 Å². The van der Waals surface area contributed by atoms with E-state index in [2.05, 4.69) is 20.7 Å². The van der Waals surface area contributed by atoms with Gasteiger partial charge in [0, 0.05) is 0 Å². The van der Waals surface area contributed by atoms with E-state index in [1.807, 2.05) is 0 Å². The normalized spacial score (nSPS) is 10.8. The standard InChI is InChI=1S/C14H7BrF4O2/c15-9-6-10(16)8(5-11(9)17)13(20)7-3-1-2-4-12(7)21-14(18)19/h1-6,14H. The highest BCUT2D eigenvalue weighted by atomic mass is 79.9. The Morgan fingerprint density at radius 3 is 2.38 bits per heavy atom. The average molecular weight is 363 g/mol. The summed E-state index contributed by atoms with van der Waals surface area (Å²) in [6, 6.07) is 6.61. The second kappa shape index (κ2) is 6.26. The number of para-hydroxylation sites is 1. The molecule has 2 aromatic carbocycles. The second-order valence-electron chi connectivity index (χ2n) is 3.95. The number of ketones is 1. The first-order valence-corrected chi connectivity index (χ1v) is 6.42. The molecule has 0 amide bonds. The zero-order chi connectivity index (χ0) is 15.6. The molecule has 0 fully saturated rings. The lowest BCUT2D eigenvalue weighted by molar-refractivity contribution is -0.0501. The predicted octanol–water partition coefficient (Wildman–Crippen LogP) is 4.56. The van der Waals surface area contributed by atoms with E-state index in [-0.39, 0.29) is 10.0 Å². The van der Waals surface area contributed by atoms with Gasteiger partial charge in [0.1, 0.15) is 17.4 Å². The van der Waals surface area contributed by atoms with E-state index >= 15 is 0 Å². The number of alkyl halides is 2. The van der Waals surface area contributed by atoms with Gasteiger partial charge < -0.3 is 4.74 Å². The quantitative estimate of drug-likeness (QED) is 0.452. The van der Waals surface area contributed by atoms with Crippen LogP contribution < -0.4 is 4.74 Å². The monoisotopic (exact) mass is 362 g/mol. The molecular weight excluding hydrogens is 356 g/mol. The van der Waals surface area contributed by atoms with Gasteiger partial charge >= 0.3 is 6.61 Å². The highest BCUT2D eigenvalue weighted by molar-refractivity contribution is 9.10. The fourth-order valence-electron chi connectivity index (χ4n) is 1.69. The molecule has 0 radical (unpaired) electrons. The van der Waals surface area contributed by atoms with Crippen molar-refractivity contribution >= 4 is 21.7 Å². The molecule has 2 rings (SSSR count). The number of rotatable bonds is 4. The summed E-state index contributed by atoms with van der Waals surface area (Å²) in [5, 5.41) is 0. The lowest BCUT2D eigenvalue weighted by atomic mass is 10.0. The maximum Gasteiger partial charge on any atom is 0.387 e. The van der Waals surface area contributed by atoms with Crippen LogP contribution in [0.5, 0.6) is 5.75 Å². The van der Waals surface area contributed by atoms with Gasteiger partial charge in [-0.1, -0.05) is 12.1 Å². The van der Waals surface area contributed by atoms with E-state index in [1.54, 1.807) is 0 Å². The number of carbonyl (C=O) groups excluding carboxylic acids is 1. The molecule has 0 aliphatic heterocycles. The Kier molecular flexibility index (Phi) is 4.62. The molecule has 0 saturated carbocycles. The van der Waals surface area contributed by atoms with Crippen LogP contribution in [0.1, 0.15) is 15.9 Å². The fraction of sp³-hybridized carbons (Fsp3) is 0.0714. The van der Waals surface area contributed by atoms with Crippen molar-refractivity contribution in [3.05, 3.63) is 63.6 Å². The summed E-state index contributed by atoms with van der Waals surface area (Å²) in [5.41, 5.74) is -0.848. The summed E-state index contributed by atoms with van der Waals surface area (Å²) >= 11 is 2.78. The number of benzene rings is 2. The molecule has 0 aliphatic carbocycles. The number of halogens is 5. The Balaban J connectivity index is 2.48. The van der Waals surface area contributed by atoms with E-state index in [1.165, 1.54) is 18.2 Å². The molecule has 0 N–H and O–H groups in total. The third-order valence-electron chi connectivity index (χ3n) is 2.60. The van der Waals surface area contributed by atoms with Crippen molar-refractivity contribution in [1.82, 2.24) is 0 Å². The number of hydrogen-bond acceptors (Lipinski definition) is 2. The van der Waals surface area contributed by atoms with Crippen LogP contribution in [-0.2, 0) is 0 Å². The number of hydrogen-bond donors (Lipinski definition) is 0. The molecule has 0 heterocycles. The molecule has 110 valence electrons. The molecular formula is C14H7BrF4O2. The summed E-state index contributed by atoms with van der Waals surface area (Å²) in [6.07, 6.45) is 0. The van der Waals surface area contributed by atoms with Crippen LogP contribution in [0.2, 0.25) is 0 Å². The Labute approximate surface area is 125 Å². The Morgan fingerprint density at radius 2 is 1.71 bits per heavy atom. The molecule has 2 nitrogen and oxygen atoms in total. The molecule has 0 spiro atoms. The maximum absolute atomic E-state index is 13.8. The van der Waals surface area contributed by atoms with E-state index in [9.17, 15) is 22.4 Å². The lowest BCUT2D eigenvalue weighted by Crippen LogP contribution is -2.10. The third-order valence-corrected chi connectivity index (χ3v) is 3.21. The minimum atomic E-state index is -3.13. The van der Waals surface area contributed by atoms with E-state index in [0.29, 0.717) is 6.07 Å². The van der Waals surface area contributed by atoms with Gasteiger partial charge in [-0.25, -0.2) is 8.78 Å². The van der Waals surface area contributed by atoms with E-state index in [4.69, 9.17) is 0 Å². The van der Waals surface area contributed by atoms with Crippen LogP contribution >= 0.6 is 15.9 Å². The lowest BCUT2D eigenvalue weighted by Gasteiger charge is -2.10. The molecule has 2 aromatic rings. The van der Waals surface area contributed by atoms with Gasteiger partial charge in [-0.05, 0) is 40.2 Å². The van der Waals surface area contributed by atoms with Crippen LogP contribution in [0.25, 0.3) is 0 Å². The van der Waals surface area contributed by atoms with Crippen molar-refractivity contribution in [2.24, 2.45) is 0 Å². The SMILES string of the molecule is O=C(c1cc(F)c(Br)cc1F)c1ccccc1OC(F)F. The smallest absolute Gasteiger partial charge is 0.387 e. The van der Waals surface area contributed by atoms with Crippen molar-refractivity contribution in [2.45, 2.75) is 6.61 Å². The predicted molar refractivity (Wildman–Crippen MR) is 70.6 cm³/mol. The van der Waals surface area contributed by atoms with Crippen molar-refractivity contribution in [2.75, 3.05) is 0 Å². The summed E-state index contributed by atoms with van der Waals surface area (Å²) in [6.45, 7) is -3.13. The Hall–Kier alpha value is -1.89. The number of carbonyl (C=O) groups is 1. The molecule has 21 heavy (non-hydrogen) atoms. The fourth-order valence-corrected chi connectivity index (χ4v) is 2.01. The molecule has 0 aromatic heterocycles. The summed E-state index contributed by atoms with van der Waals surface area (Å²) in [7, 11) is 0. The molecule has 0 aliphatic rings. The highest BCUT2D eigenvalue weighted by Gasteiger charge is 2.21. The van der Waals surface area contributed by atoms with Crippen molar-refractivity contribution in [3.63, 3.8) is 0 Å². The van der Waals surface area contributed by atoms with Crippen LogP contribution in [0.3, 0.4) is 0 Å². The molecule has 7 heteroatoms. The highest BCUT2D eigenvalue weighted by Crippen LogP contribution is 2.26. The third kappa shape index (κ3) is 3.41. The molecule has 0 atom stereocenters. The van der Waals surface area contributed by atoms with Gasteiger partial charge in [0.25, 0.3) is 0 Å². The molecule has 0 unspecified atom stereocenters.